The Kier molecular flexibility index (Phi) is 8.03. The molecule has 0 radical (unpaired) electrons. The molecule has 0 aliphatic heterocycles. The Balaban J connectivity index is 1.63. The molecule has 1 aromatic heterocycles. The number of benzene rings is 2. The maximum absolute atomic E-state index is 11.4. The van der Waals surface area contributed by atoms with Crippen molar-refractivity contribution < 1.29 is 14.0 Å². The van der Waals surface area contributed by atoms with Crippen LogP contribution < -0.4 is 10.5 Å². The van der Waals surface area contributed by atoms with Gasteiger partial charge in [-0.15, -0.1) is 0 Å². The van der Waals surface area contributed by atoms with E-state index in [0.29, 0.717) is 13.2 Å². The van der Waals surface area contributed by atoms with Gasteiger partial charge in [-0.1, -0.05) is 48.8 Å². The van der Waals surface area contributed by atoms with E-state index in [4.69, 9.17) is 14.9 Å². The molecule has 0 bridgehead atoms. The number of carbonyl (C=O) groups is 1. The summed E-state index contributed by atoms with van der Waals surface area (Å²) in [6.07, 6.45) is 5.03. The maximum Gasteiger partial charge on any atom is 0.268 e. The van der Waals surface area contributed by atoms with Crippen molar-refractivity contribution >= 4 is 40.9 Å². The predicted molar refractivity (Wildman–Crippen MR) is 139 cm³/mol. The Morgan fingerprint density at radius 1 is 1.18 bits per heavy atom. The molecule has 0 saturated heterocycles. The minimum absolute atomic E-state index is 0.00280. The van der Waals surface area contributed by atoms with E-state index in [1.807, 2.05) is 16.7 Å². The summed E-state index contributed by atoms with van der Waals surface area (Å²) in [6.45, 7) is 12.4. The Labute approximate surface area is 205 Å². The van der Waals surface area contributed by atoms with E-state index in [1.54, 1.807) is 12.5 Å². The molecule has 6 nitrogen and oxygen atoms in total. The molecule has 2 aromatic carbocycles. The van der Waals surface area contributed by atoms with Gasteiger partial charge in [0.25, 0.3) is 5.91 Å². The van der Waals surface area contributed by atoms with Gasteiger partial charge in [0.15, 0.2) is 8.32 Å². The van der Waals surface area contributed by atoms with Gasteiger partial charge in [-0.3, -0.25) is 4.79 Å². The van der Waals surface area contributed by atoms with Crippen molar-refractivity contribution in [3.05, 3.63) is 59.1 Å². The largest absolute Gasteiger partial charge is 0.494 e. The molecule has 1 amide bonds. The highest BCUT2D eigenvalue weighted by Gasteiger charge is 2.39. The Morgan fingerprint density at radius 3 is 2.58 bits per heavy atom. The average Bonchev–Trinajstić information content (AvgIpc) is 3.18. The van der Waals surface area contributed by atoms with E-state index >= 15 is 0 Å². The standard InChI is InChI=1S/C25H34BrN3O3Si/c1-25(2,3)33(4,5)32-22(15-29-16-23(24(27)30)28-17-29)7-6-12-31-21-11-9-18-8-10-20(26)13-19(18)14-21/h8-11,13-14,16-17,22H,6-7,12,15H2,1-5H3,(H2,27,30)/t22-/m0/s1. The number of amides is 1. The Morgan fingerprint density at radius 2 is 1.91 bits per heavy atom. The summed E-state index contributed by atoms with van der Waals surface area (Å²) in [6, 6.07) is 12.4. The minimum atomic E-state index is -1.97. The van der Waals surface area contributed by atoms with Crippen LogP contribution in [0.3, 0.4) is 0 Å². The lowest BCUT2D eigenvalue weighted by Gasteiger charge is -2.39. The van der Waals surface area contributed by atoms with Crippen LogP contribution in [0.25, 0.3) is 10.8 Å². The fourth-order valence-electron chi connectivity index (χ4n) is 3.39. The average molecular weight is 533 g/mol. The summed E-state index contributed by atoms with van der Waals surface area (Å²) in [5.74, 6) is 0.342. The molecule has 0 saturated carbocycles. The summed E-state index contributed by atoms with van der Waals surface area (Å²) < 4.78 is 15.7. The van der Waals surface area contributed by atoms with Crippen LogP contribution in [0.2, 0.25) is 18.1 Å². The number of halogens is 1. The molecule has 3 rings (SSSR count). The maximum atomic E-state index is 11.4. The van der Waals surface area contributed by atoms with Crippen molar-refractivity contribution in [2.75, 3.05) is 6.61 Å². The summed E-state index contributed by atoms with van der Waals surface area (Å²) in [7, 11) is -1.97. The molecule has 0 aliphatic rings. The first-order chi connectivity index (χ1) is 15.4. The highest BCUT2D eigenvalue weighted by molar-refractivity contribution is 9.10. The van der Waals surface area contributed by atoms with E-state index in [1.165, 1.54) is 5.39 Å². The number of primary amides is 1. The monoisotopic (exact) mass is 531 g/mol. The first-order valence-electron chi connectivity index (χ1n) is 11.3. The normalized spacial score (nSPS) is 13.3. The molecule has 1 atom stereocenters. The first kappa shape index (κ1) is 25.5. The van der Waals surface area contributed by atoms with Crippen molar-refractivity contribution in [1.82, 2.24) is 9.55 Å². The van der Waals surface area contributed by atoms with Crippen LogP contribution in [0.5, 0.6) is 5.75 Å². The second kappa shape index (κ2) is 10.4. The lowest BCUT2D eigenvalue weighted by atomic mass is 10.1. The van der Waals surface area contributed by atoms with Crippen LogP contribution in [0.15, 0.2) is 53.4 Å². The van der Waals surface area contributed by atoms with Gasteiger partial charge in [-0.05, 0) is 66.0 Å². The van der Waals surface area contributed by atoms with Crippen LogP contribution in [0, 0.1) is 0 Å². The lowest BCUT2D eigenvalue weighted by molar-refractivity contribution is 0.0995. The van der Waals surface area contributed by atoms with Gasteiger partial charge >= 0.3 is 0 Å². The number of carbonyl (C=O) groups excluding carboxylic acids is 1. The van der Waals surface area contributed by atoms with Crippen molar-refractivity contribution in [3.63, 3.8) is 0 Å². The fourth-order valence-corrected chi connectivity index (χ4v) is 5.15. The van der Waals surface area contributed by atoms with Crippen LogP contribution in [0.1, 0.15) is 44.1 Å². The van der Waals surface area contributed by atoms with Crippen LogP contribution in [0.4, 0.5) is 0 Å². The number of aromatic nitrogens is 2. The minimum Gasteiger partial charge on any atom is -0.494 e. The highest BCUT2D eigenvalue weighted by Crippen LogP contribution is 2.38. The third-order valence-electron chi connectivity index (χ3n) is 6.28. The zero-order chi connectivity index (χ0) is 24.2. The van der Waals surface area contributed by atoms with Gasteiger partial charge in [0, 0.05) is 17.2 Å². The van der Waals surface area contributed by atoms with E-state index in [0.717, 1.165) is 28.5 Å². The van der Waals surface area contributed by atoms with E-state index in [-0.39, 0.29) is 16.8 Å². The van der Waals surface area contributed by atoms with Gasteiger partial charge in [0.2, 0.25) is 0 Å². The molecule has 0 unspecified atom stereocenters. The second-order valence-electron chi connectivity index (χ2n) is 9.96. The number of ether oxygens (including phenoxy) is 1. The number of hydrogen-bond acceptors (Lipinski definition) is 4. The molecule has 3 aromatic rings. The van der Waals surface area contributed by atoms with Crippen molar-refractivity contribution in [3.8, 4) is 5.75 Å². The van der Waals surface area contributed by atoms with Gasteiger partial charge in [0.1, 0.15) is 11.4 Å². The van der Waals surface area contributed by atoms with Crippen molar-refractivity contribution in [2.45, 2.75) is 64.4 Å². The molecule has 0 spiro atoms. The third kappa shape index (κ3) is 6.91. The Hall–Kier alpha value is -2.16. The molecule has 8 heteroatoms. The SMILES string of the molecule is CC(C)(C)[Si](C)(C)O[C@@H](CCCOc1ccc2ccc(Br)cc2c1)Cn1cnc(C(N)=O)c1. The zero-order valence-electron chi connectivity index (χ0n) is 20.1. The number of fused-ring (bicyclic) bond motifs is 1. The van der Waals surface area contributed by atoms with Crippen molar-refractivity contribution in [1.29, 1.82) is 0 Å². The Bertz CT molecular complexity index is 1110. The van der Waals surface area contributed by atoms with Gasteiger partial charge < -0.3 is 19.5 Å². The second-order valence-corrected chi connectivity index (χ2v) is 15.6. The van der Waals surface area contributed by atoms with E-state index in [2.05, 4.69) is 79.0 Å². The number of nitrogens with two attached hydrogens (primary N) is 1. The first-order valence-corrected chi connectivity index (χ1v) is 15.0. The topological polar surface area (TPSA) is 79.4 Å². The number of rotatable bonds is 10. The number of imidazole rings is 1. The van der Waals surface area contributed by atoms with Gasteiger partial charge in [0.05, 0.1) is 19.0 Å². The van der Waals surface area contributed by atoms with Crippen molar-refractivity contribution in [2.24, 2.45) is 5.73 Å². The van der Waals surface area contributed by atoms with E-state index in [9.17, 15) is 4.79 Å². The zero-order valence-corrected chi connectivity index (χ0v) is 22.7. The quantitative estimate of drug-likeness (QED) is 0.251. The van der Waals surface area contributed by atoms with Crippen LogP contribution >= 0.6 is 15.9 Å². The molecular weight excluding hydrogens is 498 g/mol. The van der Waals surface area contributed by atoms with Crippen LogP contribution in [-0.4, -0.2) is 36.5 Å². The molecule has 0 fully saturated rings. The van der Waals surface area contributed by atoms with Crippen LogP contribution in [-0.2, 0) is 11.0 Å². The van der Waals surface area contributed by atoms with Gasteiger partial charge in [-0.25, -0.2) is 4.98 Å². The molecule has 178 valence electrons. The summed E-state index contributed by atoms with van der Waals surface area (Å²) in [5.41, 5.74) is 5.63. The van der Waals surface area contributed by atoms with Gasteiger partial charge in [-0.2, -0.15) is 0 Å². The molecule has 1 heterocycles. The highest BCUT2D eigenvalue weighted by atomic mass is 79.9. The molecular formula is C25H34BrN3O3Si. The summed E-state index contributed by atoms with van der Waals surface area (Å²) in [5, 5.41) is 2.43. The summed E-state index contributed by atoms with van der Waals surface area (Å²) >= 11 is 3.53. The fraction of sp³-hybridized carbons (Fsp3) is 0.440. The third-order valence-corrected chi connectivity index (χ3v) is 11.3. The molecule has 0 aliphatic carbocycles. The molecule has 33 heavy (non-hydrogen) atoms. The number of nitrogens with zero attached hydrogens (tertiary/aromatic N) is 2. The van der Waals surface area contributed by atoms with E-state index < -0.39 is 14.2 Å². The summed E-state index contributed by atoms with van der Waals surface area (Å²) in [4.78, 5) is 15.5. The lowest BCUT2D eigenvalue weighted by Crippen LogP contribution is -2.45. The predicted octanol–water partition coefficient (Wildman–Crippen LogP) is 6.15. The number of hydrogen-bond donors (Lipinski definition) is 1. The molecule has 2 N–H and O–H groups in total. The smallest absolute Gasteiger partial charge is 0.268 e.